The molecule has 2 aromatic rings. The maximum atomic E-state index is 11.8. The zero-order chi connectivity index (χ0) is 13.9. The summed E-state index contributed by atoms with van der Waals surface area (Å²) in [5, 5.41) is 11.4. The highest BCUT2D eigenvalue weighted by Gasteiger charge is 2.21. The minimum Gasteiger partial charge on any atom is -0.359 e. The molecule has 0 bridgehead atoms. The molecule has 8 heteroatoms. The molecule has 1 heterocycles. The second kappa shape index (κ2) is 5.41. The number of hydrogen-bond acceptors (Lipinski definition) is 4. The van der Waals surface area contributed by atoms with Crippen molar-refractivity contribution in [2.45, 2.75) is 25.4 Å². The van der Waals surface area contributed by atoms with Gasteiger partial charge in [0, 0.05) is 6.04 Å². The highest BCUT2D eigenvalue weighted by Crippen LogP contribution is 2.18. The molecule has 1 saturated carbocycles. The van der Waals surface area contributed by atoms with Gasteiger partial charge in [-0.2, -0.15) is 0 Å². The molecule has 1 fully saturated rings. The zero-order valence-corrected chi connectivity index (χ0v) is 11.5. The molecule has 0 atom stereocenters. The Labute approximate surface area is 120 Å². The van der Waals surface area contributed by atoms with Gasteiger partial charge in [-0.1, -0.05) is 17.3 Å². The van der Waals surface area contributed by atoms with Crippen molar-refractivity contribution in [2.75, 3.05) is 0 Å². The first-order valence-corrected chi connectivity index (χ1v) is 6.77. The molecule has 1 aromatic heterocycles. The molecular weight excluding hydrogens is 276 g/mol. The van der Waals surface area contributed by atoms with Crippen LogP contribution < -0.4 is 16.2 Å². The van der Waals surface area contributed by atoms with Crippen LogP contribution in [0.1, 0.15) is 12.8 Å². The standard InChI is InChI=1S/C12H14N6OS/c19-11(15-16-12(20)13-8-5-6-8)7-18-10-4-2-1-3-9(10)14-17-18/h1-4,8H,5-7H2,(H,15,19)(H2,13,16,20). The van der Waals surface area contributed by atoms with Crippen molar-refractivity contribution in [1.82, 2.24) is 31.2 Å². The summed E-state index contributed by atoms with van der Waals surface area (Å²) in [7, 11) is 0. The van der Waals surface area contributed by atoms with Crippen LogP contribution in [-0.2, 0) is 11.3 Å². The lowest BCUT2D eigenvalue weighted by Gasteiger charge is -2.10. The Morgan fingerprint density at radius 1 is 1.35 bits per heavy atom. The maximum absolute atomic E-state index is 11.8. The van der Waals surface area contributed by atoms with Crippen LogP contribution in [0, 0.1) is 0 Å². The van der Waals surface area contributed by atoms with Gasteiger partial charge in [-0.15, -0.1) is 5.10 Å². The molecule has 1 aromatic carbocycles. The monoisotopic (exact) mass is 290 g/mol. The number of thiocarbonyl (C=S) groups is 1. The summed E-state index contributed by atoms with van der Waals surface area (Å²) in [4.78, 5) is 11.8. The molecule has 3 rings (SSSR count). The van der Waals surface area contributed by atoms with Crippen molar-refractivity contribution in [2.24, 2.45) is 0 Å². The second-order valence-electron chi connectivity index (χ2n) is 4.66. The van der Waals surface area contributed by atoms with E-state index in [1.54, 1.807) is 4.68 Å². The summed E-state index contributed by atoms with van der Waals surface area (Å²) in [5.41, 5.74) is 6.79. The van der Waals surface area contributed by atoms with E-state index in [-0.39, 0.29) is 12.5 Å². The number of aromatic nitrogens is 3. The fourth-order valence-electron chi connectivity index (χ4n) is 1.79. The van der Waals surface area contributed by atoms with Gasteiger partial charge in [0.05, 0.1) is 5.52 Å². The van der Waals surface area contributed by atoms with Crippen molar-refractivity contribution in [3.63, 3.8) is 0 Å². The van der Waals surface area contributed by atoms with Crippen molar-refractivity contribution >= 4 is 34.3 Å². The molecule has 0 unspecified atom stereocenters. The van der Waals surface area contributed by atoms with Gasteiger partial charge in [0.15, 0.2) is 5.11 Å². The topological polar surface area (TPSA) is 83.9 Å². The molecule has 1 aliphatic carbocycles. The van der Waals surface area contributed by atoms with Crippen molar-refractivity contribution in [1.29, 1.82) is 0 Å². The fourth-order valence-corrected chi connectivity index (χ4v) is 2.00. The van der Waals surface area contributed by atoms with Gasteiger partial charge in [-0.05, 0) is 37.2 Å². The number of nitrogens with zero attached hydrogens (tertiary/aromatic N) is 3. The molecule has 20 heavy (non-hydrogen) atoms. The third-order valence-electron chi connectivity index (χ3n) is 2.94. The van der Waals surface area contributed by atoms with E-state index in [4.69, 9.17) is 12.2 Å². The van der Waals surface area contributed by atoms with E-state index in [1.807, 2.05) is 24.3 Å². The van der Waals surface area contributed by atoms with E-state index < -0.39 is 0 Å². The molecule has 0 saturated heterocycles. The minimum absolute atomic E-state index is 0.0829. The Balaban J connectivity index is 1.54. The Bertz CT molecular complexity index is 650. The van der Waals surface area contributed by atoms with Crippen molar-refractivity contribution in [3.05, 3.63) is 24.3 Å². The van der Waals surface area contributed by atoms with Gasteiger partial charge in [0.2, 0.25) is 0 Å². The average molecular weight is 290 g/mol. The van der Waals surface area contributed by atoms with Gasteiger partial charge < -0.3 is 5.32 Å². The highest BCUT2D eigenvalue weighted by molar-refractivity contribution is 7.80. The number of rotatable bonds is 3. The third-order valence-corrected chi connectivity index (χ3v) is 3.16. The van der Waals surface area contributed by atoms with Crippen molar-refractivity contribution in [3.8, 4) is 0 Å². The van der Waals surface area contributed by atoms with Gasteiger partial charge in [0.25, 0.3) is 5.91 Å². The first-order valence-electron chi connectivity index (χ1n) is 6.36. The molecule has 3 N–H and O–H groups in total. The first-order chi connectivity index (χ1) is 9.72. The number of para-hydroxylation sites is 1. The van der Waals surface area contributed by atoms with Crippen LogP contribution in [0.2, 0.25) is 0 Å². The number of carbonyl (C=O) groups excluding carboxylic acids is 1. The van der Waals surface area contributed by atoms with E-state index in [1.165, 1.54) is 0 Å². The van der Waals surface area contributed by atoms with Crippen LogP contribution in [0.25, 0.3) is 11.0 Å². The van der Waals surface area contributed by atoms with Crippen LogP contribution in [0.3, 0.4) is 0 Å². The average Bonchev–Trinajstić information content (AvgIpc) is 3.17. The molecule has 7 nitrogen and oxygen atoms in total. The molecule has 1 aliphatic rings. The molecule has 1 amide bonds. The predicted molar refractivity (Wildman–Crippen MR) is 77.6 cm³/mol. The predicted octanol–water partition coefficient (Wildman–Crippen LogP) is 0.0890. The number of amides is 1. The lowest BCUT2D eigenvalue weighted by molar-refractivity contribution is -0.122. The minimum atomic E-state index is -0.236. The van der Waals surface area contributed by atoms with E-state index in [9.17, 15) is 4.79 Å². The molecule has 0 spiro atoms. The summed E-state index contributed by atoms with van der Waals surface area (Å²) in [6, 6.07) is 7.93. The number of hydrazine groups is 1. The molecule has 0 aliphatic heterocycles. The molecule has 0 radical (unpaired) electrons. The van der Waals surface area contributed by atoms with E-state index in [0.717, 1.165) is 23.9 Å². The normalized spacial score (nSPS) is 14.0. The third kappa shape index (κ3) is 3.02. The zero-order valence-electron chi connectivity index (χ0n) is 10.7. The van der Waals surface area contributed by atoms with E-state index in [0.29, 0.717) is 11.2 Å². The SMILES string of the molecule is O=C(Cn1nnc2ccccc21)NNC(=S)NC1CC1. The van der Waals surface area contributed by atoms with Gasteiger partial charge in [-0.25, -0.2) is 4.68 Å². The molecule has 104 valence electrons. The number of nitrogens with one attached hydrogen (secondary N) is 3. The van der Waals surface area contributed by atoms with Gasteiger partial charge in [0.1, 0.15) is 12.1 Å². The smallest absolute Gasteiger partial charge is 0.260 e. The lowest BCUT2D eigenvalue weighted by atomic mass is 10.3. The summed E-state index contributed by atoms with van der Waals surface area (Å²) in [6.45, 7) is 0.0829. The number of benzene rings is 1. The summed E-state index contributed by atoms with van der Waals surface area (Å²) in [6.07, 6.45) is 2.25. The van der Waals surface area contributed by atoms with Crippen LogP contribution in [0.5, 0.6) is 0 Å². The number of carbonyl (C=O) groups is 1. The van der Waals surface area contributed by atoms with Crippen LogP contribution in [-0.4, -0.2) is 32.1 Å². The van der Waals surface area contributed by atoms with E-state index in [2.05, 4.69) is 26.5 Å². The summed E-state index contributed by atoms with van der Waals surface area (Å²) < 4.78 is 1.55. The van der Waals surface area contributed by atoms with Gasteiger partial charge >= 0.3 is 0 Å². The van der Waals surface area contributed by atoms with Gasteiger partial charge in [-0.3, -0.25) is 15.6 Å². The molecular formula is C12H14N6OS. The van der Waals surface area contributed by atoms with Crippen LogP contribution in [0.4, 0.5) is 0 Å². The number of hydrogen-bond donors (Lipinski definition) is 3. The first kappa shape index (κ1) is 12.8. The Morgan fingerprint density at radius 2 is 2.15 bits per heavy atom. The van der Waals surface area contributed by atoms with E-state index >= 15 is 0 Å². The highest BCUT2D eigenvalue weighted by atomic mass is 32.1. The Morgan fingerprint density at radius 3 is 2.95 bits per heavy atom. The lowest BCUT2D eigenvalue weighted by Crippen LogP contribution is -2.48. The summed E-state index contributed by atoms with van der Waals surface area (Å²) >= 11 is 5.04. The summed E-state index contributed by atoms with van der Waals surface area (Å²) in [5.74, 6) is -0.236. The number of fused-ring (bicyclic) bond motifs is 1. The fraction of sp³-hybridized carbons (Fsp3) is 0.333. The van der Waals surface area contributed by atoms with Crippen molar-refractivity contribution < 1.29 is 4.79 Å². The van der Waals surface area contributed by atoms with Crippen LogP contribution >= 0.6 is 12.2 Å². The Hall–Kier alpha value is -2.22. The Kier molecular flexibility index (Phi) is 3.46. The quantitative estimate of drug-likeness (QED) is 0.549. The largest absolute Gasteiger partial charge is 0.359 e. The second-order valence-corrected chi connectivity index (χ2v) is 5.06. The van der Waals surface area contributed by atoms with Crippen LogP contribution in [0.15, 0.2) is 24.3 Å². The maximum Gasteiger partial charge on any atom is 0.260 e.